The molecule has 0 aliphatic heterocycles. The molecule has 1 unspecified atom stereocenters. The van der Waals surface area contributed by atoms with Gasteiger partial charge in [0, 0.05) is 6.42 Å². The van der Waals surface area contributed by atoms with Crippen molar-refractivity contribution in [3.8, 4) is 5.75 Å². The van der Waals surface area contributed by atoms with Crippen LogP contribution in [0.5, 0.6) is 5.75 Å². The Labute approximate surface area is 87.8 Å². The zero-order valence-corrected chi connectivity index (χ0v) is 8.69. The highest BCUT2D eigenvalue weighted by atomic mass is 16.4. The maximum Gasteiger partial charge on any atom is 0.335 e. The monoisotopic (exact) mass is 210 g/mol. The molecule has 0 aliphatic carbocycles. The molecular formula is C11H14O4. The maximum absolute atomic E-state index is 10.7. The highest BCUT2D eigenvalue weighted by Crippen LogP contribution is 2.23. The number of phenolic OH excluding ortho intramolecular Hbond substituents is 1. The fourth-order valence-electron chi connectivity index (χ4n) is 1.27. The minimum absolute atomic E-state index is 0.0107. The van der Waals surface area contributed by atoms with Gasteiger partial charge in [0.05, 0.1) is 0 Å². The van der Waals surface area contributed by atoms with Crippen LogP contribution in [0.15, 0.2) is 18.2 Å². The lowest BCUT2D eigenvalue weighted by Crippen LogP contribution is -2.37. The van der Waals surface area contributed by atoms with Gasteiger partial charge >= 0.3 is 5.97 Å². The van der Waals surface area contributed by atoms with E-state index in [-0.39, 0.29) is 12.2 Å². The number of hydrogen-bond acceptors (Lipinski definition) is 3. The summed E-state index contributed by atoms with van der Waals surface area (Å²) in [6.07, 6.45) is -0.117. The van der Waals surface area contributed by atoms with E-state index in [9.17, 15) is 15.0 Å². The molecule has 0 saturated heterocycles. The SMILES string of the molecule is Cc1ccc(CC(C)(O)C(=O)O)c(O)c1. The second-order valence-corrected chi connectivity index (χ2v) is 3.89. The summed E-state index contributed by atoms with van der Waals surface area (Å²) in [5, 5.41) is 27.8. The van der Waals surface area contributed by atoms with Gasteiger partial charge in [-0.25, -0.2) is 4.79 Å². The van der Waals surface area contributed by atoms with E-state index in [2.05, 4.69) is 0 Å². The number of benzene rings is 1. The summed E-state index contributed by atoms with van der Waals surface area (Å²) in [6, 6.07) is 4.91. The normalized spacial score (nSPS) is 14.6. The molecule has 3 N–H and O–H groups in total. The largest absolute Gasteiger partial charge is 0.508 e. The minimum Gasteiger partial charge on any atom is -0.508 e. The molecule has 1 atom stereocenters. The molecule has 0 heterocycles. The molecule has 4 heteroatoms. The second kappa shape index (κ2) is 3.90. The van der Waals surface area contributed by atoms with Gasteiger partial charge in [0.2, 0.25) is 0 Å². The second-order valence-electron chi connectivity index (χ2n) is 3.89. The predicted molar refractivity (Wildman–Crippen MR) is 54.8 cm³/mol. The molecule has 0 aliphatic rings. The van der Waals surface area contributed by atoms with Crippen LogP contribution in [-0.2, 0) is 11.2 Å². The van der Waals surface area contributed by atoms with Crippen molar-refractivity contribution in [1.82, 2.24) is 0 Å². The van der Waals surface area contributed by atoms with Crippen molar-refractivity contribution in [3.63, 3.8) is 0 Å². The number of carboxylic acid groups (broad SMARTS) is 1. The lowest BCUT2D eigenvalue weighted by Gasteiger charge is -2.18. The highest BCUT2D eigenvalue weighted by Gasteiger charge is 2.30. The van der Waals surface area contributed by atoms with Crippen molar-refractivity contribution < 1.29 is 20.1 Å². The lowest BCUT2D eigenvalue weighted by atomic mass is 9.95. The number of hydrogen-bond donors (Lipinski definition) is 3. The molecule has 0 fully saturated rings. The topological polar surface area (TPSA) is 77.8 Å². The van der Waals surface area contributed by atoms with Crippen molar-refractivity contribution in [3.05, 3.63) is 29.3 Å². The predicted octanol–water partition coefficient (Wildman–Crippen LogP) is 1.08. The van der Waals surface area contributed by atoms with Gasteiger partial charge in [0.25, 0.3) is 0 Å². The van der Waals surface area contributed by atoms with E-state index in [0.717, 1.165) is 5.56 Å². The summed E-state index contributed by atoms with van der Waals surface area (Å²) in [6.45, 7) is 3.02. The van der Waals surface area contributed by atoms with Gasteiger partial charge in [-0.15, -0.1) is 0 Å². The van der Waals surface area contributed by atoms with Crippen molar-refractivity contribution in [2.75, 3.05) is 0 Å². The summed E-state index contributed by atoms with van der Waals surface area (Å²) in [7, 11) is 0. The Morgan fingerprint density at radius 3 is 2.53 bits per heavy atom. The van der Waals surface area contributed by atoms with Gasteiger partial charge in [0.1, 0.15) is 5.75 Å². The van der Waals surface area contributed by atoms with Crippen LogP contribution in [0.1, 0.15) is 18.1 Å². The fourth-order valence-corrected chi connectivity index (χ4v) is 1.27. The van der Waals surface area contributed by atoms with Crippen LogP contribution in [0.3, 0.4) is 0 Å². The first kappa shape index (κ1) is 11.5. The van der Waals surface area contributed by atoms with Crippen LogP contribution in [0.4, 0.5) is 0 Å². The molecule has 4 nitrogen and oxygen atoms in total. The third-order valence-corrected chi connectivity index (χ3v) is 2.24. The van der Waals surface area contributed by atoms with Gasteiger partial charge in [-0.3, -0.25) is 0 Å². The smallest absolute Gasteiger partial charge is 0.335 e. The standard InChI is InChI=1S/C11H14O4/c1-7-3-4-8(9(12)5-7)6-11(2,15)10(13)14/h3-5,12,15H,6H2,1-2H3,(H,13,14). The Morgan fingerprint density at radius 1 is 1.47 bits per heavy atom. The first-order valence-electron chi connectivity index (χ1n) is 4.57. The Morgan fingerprint density at radius 2 is 2.07 bits per heavy atom. The van der Waals surface area contributed by atoms with Crippen LogP contribution in [0, 0.1) is 6.92 Å². The summed E-state index contributed by atoms with van der Waals surface area (Å²) >= 11 is 0. The number of aryl methyl sites for hydroxylation is 1. The molecule has 82 valence electrons. The van der Waals surface area contributed by atoms with E-state index in [1.165, 1.54) is 13.0 Å². The Bertz CT molecular complexity index is 382. The van der Waals surface area contributed by atoms with Crippen LogP contribution in [0.2, 0.25) is 0 Å². The average molecular weight is 210 g/mol. The van der Waals surface area contributed by atoms with Crippen LogP contribution in [-0.4, -0.2) is 26.9 Å². The highest BCUT2D eigenvalue weighted by molar-refractivity contribution is 5.77. The Balaban J connectivity index is 2.95. The molecule has 0 aromatic heterocycles. The number of phenols is 1. The van der Waals surface area contributed by atoms with Gasteiger partial charge in [-0.2, -0.15) is 0 Å². The summed E-state index contributed by atoms with van der Waals surface area (Å²) in [5.41, 5.74) is -0.550. The number of rotatable bonds is 3. The van der Waals surface area contributed by atoms with Crippen molar-refractivity contribution >= 4 is 5.97 Å². The molecule has 15 heavy (non-hydrogen) atoms. The molecular weight excluding hydrogens is 196 g/mol. The fraction of sp³-hybridized carbons (Fsp3) is 0.364. The van der Waals surface area contributed by atoms with Gasteiger partial charge in [-0.1, -0.05) is 12.1 Å². The summed E-state index contributed by atoms with van der Waals surface area (Å²) < 4.78 is 0. The van der Waals surface area contributed by atoms with E-state index in [1.807, 2.05) is 6.92 Å². The van der Waals surface area contributed by atoms with E-state index >= 15 is 0 Å². The molecule has 1 aromatic carbocycles. The molecule has 0 saturated carbocycles. The number of aliphatic carboxylic acids is 1. The van der Waals surface area contributed by atoms with E-state index < -0.39 is 11.6 Å². The van der Waals surface area contributed by atoms with Crippen LogP contribution >= 0.6 is 0 Å². The number of carbonyl (C=O) groups is 1. The number of aliphatic hydroxyl groups is 1. The quantitative estimate of drug-likeness (QED) is 0.697. The van der Waals surface area contributed by atoms with Gasteiger partial charge in [-0.05, 0) is 31.0 Å². The van der Waals surface area contributed by atoms with Crippen molar-refractivity contribution in [1.29, 1.82) is 0 Å². The zero-order chi connectivity index (χ0) is 11.6. The molecule has 1 rings (SSSR count). The third-order valence-electron chi connectivity index (χ3n) is 2.24. The van der Waals surface area contributed by atoms with Gasteiger partial charge < -0.3 is 15.3 Å². The van der Waals surface area contributed by atoms with E-state index in [1.54, 1.807) is 12.1 Å². The van der Waals surface area contributed by atoms with Crippen molar-refractivity contribution in [2.24, 2.45) is 0 Å². The average Bonchev–Trinajstić information content (AvgIpc) is 2.09. The number of carboxylic acids is 1. The van der Waals surface area contributed by atoms with E-state index in [4.69, 9.17) is 5.11 Å². The molecule has 0 bridgehead atoms. The Hall–Kier alpha value is -1.55. The summed E-state index contributed by atoms with van der Waals surface area (Å²) in [5.74, 6) is -1.29. The molecule has 0 radical (unpaired) electrons. The van der Waals surface area contributed by atoms with Crippen LogP contribution in [0.25, 0.3) is 0 Å². The maximum atomic E-state index is 10.7. The third kappa shape index (κ3) is 2.70. The Kier molecular flexibility index (Phi) is 3.00. The lowest BCUT2D eigenvalue weighted by molar-refractivity contribution is -0.156. The summed E-state index contributed by atoms with van der Waals surface area (Å²) in [4.78, 5) is 10.7. The first-order chi connectivity index (χ1) is 6.83. The number of aromatic hydroxyl groups is 1. The van der Waals surface area contributed by atoms with Gasteiger partial charge in [0.15, 0.2) is 5.60 Å². The molecule has 0 amide bonds. The first-order valence-corrected chi connectivity index (χ1v) is 4.57. The molecule has 1 aromatic rings. The van der Waals surface area contributed by atoms with Crippen LogP contribution < -0.4 is 0 Å². The molecule has 0 spiro atoms. The minimum atomic E-state index is -1.85. The van der Waals surface area contributed by atoms with E-state index in [0.29, 0.717) is 5.56 Å². The van der Waals surface area contributed by atoms with Crippen molar-refractivity contribution in [2.45, 2.75) is 25.9 Å². The zero-order valence-electron chi connectivity index (χ0n) is 8.69.